The zero-order chi connectivity index (χ0) is 11.0. The average molecular weight is 218 g/mol. The van der Waals surface area contributed by atoms with Crippen molar-refractivity contribution in [1.29, 1.82) is 0 Å². The Hall–Kier alpha value is -1.09. The van der Waals surface area contributed by atoms with Gasteiger partial charge in [0.05, 0.1) is 5.60 Å². The minimum absolute atomic E-state index is 0.472. The van der Waals surface area contributed by atoms with Gasteiger partial charge in [0.2, 0.25) is 0 Å². The molecule has 1 aromatic heterocycles. The van der Waals surface area contributed by atoms with Crippen molar-refractivity contribution < 1.29 is 5.11 Å². The van der Waals surface area contributed by atoms with Crippen molar-refractivity contribution in [2.45, 2.75) is 44.1 Å². The third kappa shape index (κ3) is 1.80. The minimum atomic E-state index is -0.472. The molecule has 0 spiro atoms. The van der Waals surface area contributed by atoms with Gasteiger partial charge in [-0.05, 0) is 50.2 Å². The van der Waals surface area contributed by atoms with Crippen LogP contribution in [0.2, 0.25) is 0 Å². The molecular weight excluding hydrogens is 200 g/mol. The highest BCUT2D eigenvalue weighted by atomic mass is 16.3. The van der Waals surface area contributed by atoms with E-state index in [1.165, 1.54) is 24.1 Å². The first-order valence-electron chi connectivity index (χ1n) is 6.20. The molecule has 0 amide bonds. The van der Waals surface area contributed by atoms with Crippen LogP contribution >= 0.6 is 0 Å². The molecule has 2 N–H and O–H groups in total. The molecule has 1 fully saturated rings. The van der Waals surface area contributed by atoms with Gasteiger partial charge in [-0.3, -0.25) is 0 Å². The van der Waals surface area contributed by atoms with Crippen molar-refractivity contribution in [3.8, 4) is 0 Å². The summed E-state index contributed by atoms with van der Waals surface area (Å²) in [7, 11) is 0. The van der Waals surface area contributed by atoms with Crippen LogP contribution in [-0.4, -0.2) is 22.2 Å². The normalized spacial score (nSPS) is 21.3. The summed E-state index contributed by atoms with van der Waals surface area (Å²) in [5.74, 6) is 0.918. The van der Waals surface area contributed by atoms with Gasteiger partial charge in [0.25, 0.3) is 0 Å². The third-order valence-corrected chi connectivity index (χ3v) is 3.81. The lowest BCUT2D eigenvalue weighted by Crippen LogP contribution is -2.43. The van der Waals surface area contributed by atoms with Gasteiger partial charge in [-0.2, -0.15) is 0 Å². The van der Waals surface area contributed by atoms with E-state index in [4.69, 9.17) is 0 Å². The number of aliphatic hydroxyl groups is 1. The van der Waals surface area contributed by atoms with E-state index in [0.29, 0.717) is 6.54 Å². The second-order valence-electron chi connectivity index (χ2n) is 5.09. The van der Waals surface area contributed by atoms with Crippen LogP contribution in [0.4, 0.5) is 5.82 Å². The average Bonchev–Trinajstić information content (AvgIpc) is 2.70. The molecule has 3 heteroatoms. The quantitative estimate of drug-likeness (QED) is 0.814. The molecule has 1 saturated carbocycles. The Kier molecular flexibility index (Phi) is 2.36. The first kappa shape index (κ1) is 10.1. The third-order valence-electron chi connectivity index (χ3n) is 3.81. The molecule has 0 aromatic carbocycles. The minimum Gasteiger partial charge on any atom is -0.388 e. The van der Waals surface area contributed by atoms with Crippen LogP contribution < -0.4 is 5.32 Å². The van der Waals surface area contributed by atoms with Crippen LogP contribution in [-0.2, 0) is 12.8 Å². The summed E-state index contributed by atoms with van der Waals surface area (Å²) in [6.07, 6.45) is 6.50. The number of rotatable bonds is 3. The van der Waals surface area contributed by atoms with Crippen LogP contribution in [0, 0.1) is 0 Å². The van der Waals surface area contributed by atoms with E-state index in [1.807, 2.05) is 6.07 Å². The van der Waals surface area contributed by atoms with Crippen LogP contribution in [0.3, 0.4) is 0 Å². The molecule has 3 nitrogen and oxygen atoms in total. The lowest BCUT2D eigenvalue weighted by Gasteiger charge is -2.36. The smallest absolute Gasteiger partial charge is 0.126 e. The first-order chi connectivity index (χ1) is 7.75. The molecule has 2 aliphatic carbocycles. The fraction of sp³-hybridized carbons (Fsp3) is 0.615. The number of nitrogens with one attached hydrogen (secondary N) is 1. The van der Waals surface area contributed by atoms with Crippen molar-refractivity contribution >= 4 is 5.82 Å². The van der Waals surface area contributed by atoms with E-state index in [-0.39, 0.29) is 0 Å². The highest BCUT2D eigenvalue weighted by Gasteiger charge is 2.34. The molecule has 86 valence electrons. The Balaban J connectivity index is 1.66. The highest BCUT2D eigenvalue weighted by Crippen LogP contribution is 2.31. The largest absolute Gasteiger partial charge is 0.388 e. The van der Waals surface area contributed by atoms with Gasteiger partial charge in [-0.15, -0.1) is 0 Å². The first-order valence-corrected chi connectivity index (χ1v) is 6.20. The van der Waals surface area contributed by atoms with Crippen molar-refractivity contribution in [3.63, 3.8) is 0 Å². The van der Waals surface area contributed by atoms with Crippen LogP contribution in [0.15, 0.2) is 12.1 Å². The molecule has 0 unspecified atom stereocenters. The Morgan fingerprint density at radius 2 is 2.12 bits per heavy atom. The summed E-state index contributed by atoms with van der Waals surface area (Å²) >= 11 is 0. The van der Waals surface area contributed by atoms with Crippen LogP contribution in [0.1, 0.15) is 36.9 Å². The Morgan fingerprint density at radius 1 is 1.25 bits per heavy atom. The molecule has 0 radical (unpaired) electrons. The molecule has 1 aromatic rings. The molecule has 1 heterocycles. The van der Waals surface area contributed by atoms with Crippen molar-refractivity contribution in [2.24, 2.45) is 0 Å². The van der Waals surface area contributed by atoms with Gasteiger partial charge in [0, 0.05) is 12.2 Å². The summed E-state index contributed by atoms with van der Waals surface area (Å²) in [5.41, 5.74) is 2.17. The maximum Gasteiger partial charge on any atom is 0.126 e. The number of hydrogen-bond acceptors (Lipinski definition) is 3. The summed E-state index contributed by atoms with van der Waals surface area (Å²) in [6, 6.07) is 4.20. The zero-order valence-electron chi connectivity index (χ0n) is 9.50. The SMILES string of the molecule is OC1(CNc2ccc3c(n2)CCC3)CCC1. The number of hydrogen-bond donors (Lipinski definition) is 2. The van der Waals surface area contributed by atoms with E-state index in [0.717, 1.165) is 31.5 Å². The van der Waals surface area contributed by atoms with Gasteiger partial charge in [-0.25, -0.2) is 4.98 Å². The molecule has 16 heavy (non-hydrogen) atoms. The predicted octanol–water partition coefficient (Wildman–Crippen LogP) is 1.90. The van der Waals surface area contributed by atoms with E-state index in [1.54, 1.807) is 0 Å². The fourth-order valence-corrected chi connectivity index (χ4v) is 2.54. The van der Waals surface area contributed by atoms with E-state index >= 15 is 0 Å². The Morgan fingerprint density at radius 3 is 2.88 bits per heavy atom. The van der Waals surface area contributed by atoms with Gasteiger partial charge in [-0.1, -0.05) is 6.07 Å². The molecule has 3 rings (SSSR count). The fourth-order valence-electron chi connectivity index (χ4n) is 2.54. The van der Waals surface area contributed by atoms with E-state index in [9.17, 15) is 5.11 Å². The number of pyridine rings is 1. The molecule has 2 aliphatic rings. The maximum atomic E-state index is 9.97. The van der Waals surface area contributed by atoms with Crippen molar-refractivity contribution in [2.75, 3.05) is 11.9 Å². The molecule has 0 saturated heterocycles. The standard InChI is InChI=1S/C13H18N2O/c16-13(7-2-8-13)9-14-12-6-5-10-3-1-4-11(10)15-12/h5-6,16H,1-4,7-9H2,(H,14,15). The molecular formula is C13H18N2O. The summed E-state index contributed by atoms with van der Waals surface area (Å²) in [6.45, 7) is 0.638. The topological polar surface area (TPSA) is 45.1 Å². The summed E-state index contributed by atoms with van der Waals surface area (Å²) in [4.78, 5) is 4.59. The van der Waals surface area contributed by atoms with Gasteiger partial charge < -0.3 is 10.4 Å². The summed E-state index contributed by atoms with van der Waals surface area (Å²) < 4.78 is 0. The van der Waals surface area contributed by atoms with Crippen molar-refractivity contribution in [1.82, 2.24) is 4.98 Å². The monoisotopic (exact) mass is 218 g/mol. The number of aryl methyl sites for hydroxylation is 2. The second-order valence-corrected chi connectivity index (χ2v) is 5.09. The van der Waals surface area contributed by atoms with Gasteiger partial charge >= 0.3 is 0 Å². The zero-order valence-corrected chi connectivity index (χ0v) is 9.50. The van der Waals surface area contributed by atoms with E-state index in [2.05, 4.69) is 16.4 Å². The van der Waals surface area contributed by atoms with Crippen molar-refractivity contribution in [3.05, 3.63) is 23.4 Å². The Labute approximate surface area is 95.9 Å². The highest BCUT2D eigenvalue weighted by molar-refractivity contribution is 5.40. The second kappa shape index (κ2) is 3.74. The van der Waals surface area contributed by atoms with E-state index < -0.39 is 5.60 Å². The van der Waals surface area contributed by atoms with Gasteiger partial charge in [0.1, 0.15) is 5.82 Å². The lowest BCUT2D eigenvalue weighted by molar-refractivity contribution is -0.0202. The van der Waals surface area contributed by atoms with Crippen LogP contribution in [0.5, 0.6) is 0 Å². The number of nitrogens with zero attached hydrogens (tertiary/aromatic N) is 1. The van der Waals surface area contributed by atoms with Crippen LogP contribution in [0.25, 0.3) is 0 Å². The number of fused-ring (bicyclic) bond motifs is 1. The number of anilines is 1. The maximum absolute atomic E-state index is 9.97. The molecule has 0 atom stereocenters. The summed E-state index contributed by atoms with van der Waals surface area (Å²) in [5, 5.41) is 13.2. The van der Waals surface area contributed by atoms with Gasteiger partial charge in [0.15, 0.2) is 0 Å². The Bertz CT molecular complexity index is 399. The molecule has 0 bridgehead atoms. The number of aromatic nitrogens is 1. The molecule has 0 aliphatic heterocycles. The lowest BCUT2D eigenvalue weighted by atomic mass is 9.80. The predicted molar refractivity (Wildman–Crippen MR) is 63.6 cm³/mol.